The van der Waals surface area contributed by atoms with Gasteiger partial charge < -0.3 is 14.8 Å². The molecule has 1 N–H and O–H groups in total. The molecular formula is C21H17F2NO3S. The largest absolute Gasteiger partial charge is 0.465 e. The van der Waals surface area contributed by atoms with E-state index in [0.29, 0.717) is 22.1 Å². The minimum atomic E-state index is -0.694. The second-order valence-electron chi connectivity index (χ2n) is 5.87. The lowest BCUT2D eigenvalue weighted by Gasteiger charge is -2.12. The number of hydrogen-bond donors (Lipinski definition) is 1. The van der Waals surface area contributed by atoms with Gasteiger partial charge in [-0.2, -0.15) is 0 Å². The van der Waals surface area contributed by atoms with Gasteiger partial charge in [-0.15, -0.1) is 11.3 Å². The van der Waals surface area contributed by atoms with E-state index < -0.39 is 17.6 Å². The third-order valence-electron chi connectivity index (χ3n) is 3.83. The highest BCUT2D eigenvalue weighted by atomic mass is 32.1. The number of ether oxygens (including phenoxy) is 2. The Balaban J connectivity index is 1.74. The summed E-state index contributed by atoms with van der Waals surface area (Å²) in [6.45, 7) is 5.57. The average molecular weight is 401 g/mol. The second kappa shape index (κ2) is 8.22. The van der Waals surface area contributed by atoms with Crippen LogP contribution < -0.4 is 10.1 Å². The molecule has 0 unspecified atom stereocenters. The molecule has 0 saturated carbocycles. The summed E-state index contributed by atoms with van der Waals surface area (Å²) >= 11 is 1.28. The van der Waals surface area contributed by atoms with Gasteiger partial charge in [0.2, 0.25) is 0 Å². The number of carbonyl (C=O) groups is 1. The zero-order valence-electron chi connectivity index (χ0n) is 15.2. The standard InChI is InChI=1S/C21H17F2NO3S/c1-12-11-18(20(28-12)21(25)26-3)27-15-9-7-14(8-10-15)24-13(2)19-16(22)5-4-6-17(19)23/h4-11,24H,2H2,1,3H3. The van der Waals surface area contributed by atoms with Crippen LogP contribution in [0, 0.1) is 18.6 Å². The molecule has 0 radical (unpaired) electrons. The predicted octanol–water partition coefficient (Wildman–Crippen LogP) is 6.00. The Bertz CT molecular complexity index is 1010. The number of benzene rings is 2. The van der Waals surface area contributed by atoms with Gasteiger partial charge in [-0.3, -0.25) is 0 Å². The van der Waals surface area contributed by atoms with E-state index >= 15 is 0 Å². The van der Waals surface area contributed by atoms with Gasteiger partial charge in [0, 0.05) is 16.3 Å². The molecule has 0 saturated heterocycles. The smallest absolute Gasteiger partial charge is 0.351 e. The van der Waals surface area contributed by atoms with Crippen LogP contribution in [0.1, 0.15) is 20.1 Å². The molecular weight excluding hydrogens is 384 g/mol. The molecule has 1 aromatic heterocycles. The Morgan fingerprint density at radius 2 is 1.75 bits per heavy atom. The van der Waals surface area contributed by atoms with Crippen LogP contribution in [0.15, 0.2) is 55.1 Å². The summed E-state index contributed by atoms with van der Waals surface area (Å²) in [7, 11) is 1.31. The number of halogens is 2. The molecule has 0 aliphatic carbocycles. The van der Waals surface area contributed by atoms with Crippen LogP contribution in [0.2, 0.25) is 0 Å². The third kappa shape index (κ3) is 4.20. The van der Waals surface area contributed by atoms with Crippen molar-refractivity contribution in [1.29, 1.82) is 0 Å². The van der Waals surface area contributed by atoms with Gasteiger partial charge in [0.1, 0.15) is 17.4 Å². The lowest BCUT2D eigenvalue weighted by atomic mass is 10.1. The highest BCUT2D eigenvalue weighted by molar-refractivity contribution is 7.14. The van der Waals surface area contributed by atoms with E-state index in [1.165, 1.54) is 36.6 Å². The second-order valence-corrected chi connectivity index (χ2v) is 7.12. The van der Waals surface area contributed by atoms with Gasteiger partial charge >= 0.3 is 5.97 Å². The van der Waals surface area contributed by atoms with Crippen LogP contribution in [0.5, 0.6) is 11.5 Å². The Hall–Kier alpha value is -3.19. The molecule has 1 heterocycles. The van der Waals surface area contributed by atoms with Crippen LogP contribution in [0.25, 0.3) is 5.70 Å². The van der Waals surface area contributed by atoms with Gasteiger partial charge in [-0.1, -0.05) is 12.6 Å². The number of aryl methyl sites for hydroxylation is 1. The summed E-state index contributed by atoms with van der Waals surface area (Å²) in [5, 5.41) is 2.87. The molecule has 144 valence electrons. The zero-order valence-corrected chi connectivity index (χ0v) is 16.0. The number of carbonyl (C=O) groups excluding carboxylic acids is 1. The highest BCUT2D eigenvalue weighted by Gasteiger charge is 2.18. The lowest BCUT2D eigenvalue weighted by Crippen LogP contribution is -2.02. The third-order valence-corrected chi connectivity index (χ3v) is 4.85. The quantitative estimate of drug-likeness (QED) is 0.515. The van der Waals surface area contributed by atoms with Crippen molar-refractivity contribution in [3.8, 4) is 11.5 Å². The number of rotatable bonds is 6. The first-order chi connectivity index (χ1) is 13.4. The molecule has 0 aliphatic heterocycles. The Labute approximate surface area is 165 Å². The van der Waals surface area contributed by atoms with Crippen LogP contribution >= 0.6 is 11.3 Å². The van der Waals surface area contributed by atoms with Crippen LogP contribution in [0.4, 0.5) is 14.5 Å². The fraction of sp³-hybridized carbons (Fsp3) is 0.0952. The molecule has 0 bridgehead atoms. The van der Waals surface area contributed by atoms with Gasteiger partial charge in [0.15, 0.2) is 10.6 Å². The maximum absolute atomic E-state index is 13.8. The number of nitrogens with one attached hydrogen (secondary N) is 1. The minimum absolute atomic E-state index is 0.103. The van der Waals surface area contributed by atoms with Crippen molar-refractivity contribution >= 4 is 28.7 Å². The van der Waals surface area contributed by atoms with Crippen molar-refractivity contribution in [2.24, 2.45) is 0 Å². The van der Waals surface area contributed by atoms with E-state index in [9.17, 15) is 13.6 Å². The normalized spacial score (nSPS) is 10.4. The predicted molar refractivity (Wildman–Crippen MR) is 106 cm³/mol. The molecule has 2 aromatic carbocycles. The van der Waals surface area contributed by atoms with Crippen LogP contribution in [-0.4, -0.2) is 13.1 Å². The molecule has 0 spiro atoms. The topological polar surface area (TPSA) is 47.6 Å². The zero-order chi connectivity index (χ0) is 20.3. The molecule has 0 atom stereocenters. The SMILES string of the molecule is C=C(Nc1ccc(Oc2cc(C)sc2C(=O)OC)cc1)c1c(F)cccc1F. The highest BCUT2D eigenvalue weighted by Crippen LogP contribution is 2.34. The van der Waals surface area contributed by atoms with Crippen LogP contribution in [-0.2, 0) is 4.74 Å². The van der Waals surface area contributed by atoms with E-state index in [2.05, 4.69) is 11.9 Å². The van der Waals surface area contributed by atoms with Crippen LogP contribution in [0.3, 0.4) is 0 Å². The number of thiophene rings is 1. The van der Waals surface area contributed by atoms with E-state index in [1.54, 1.807) is 30.3 Å². The van der Waals surface area contributed by atoms with E-state index in [4.69, 9.17) is 9.47 Å². The summed E-state index contributed by atoms with van der Waals surface area (Å²) in [4.78, 5) is 13.1. The molecule has 7 heteroatoms. The molecule has 28 heavy (non-hydrogen) atoms. The summed E-state index contributed by atoms with van der Waals surface area (Å²) in [5.41, 5.74) is 0.472. The first-order valence-corrected chi connectivity index (χ1v) is 9.07. The minimum Gasteiger partial charge on any atom is -0.465 e. The summed E-state index contributed by atoms with van der Waals surface area (Å²) in [6.07, 6.45) is 0. The maximum atomic E-state index is 13.8. The van der Waals surface area contributed by atoms with Gasteiger partial charge in [0.05, 0.1) is 12.7 Å². The molecule has 0 fully saturated rings. The average Bonchev–Trinajstić information content (AvgIpc) is 3.02. The van der Waals surface area contributed by atoms with E-state index in [-0.39, 0.29) is 11.3 Å². The molecule has 3 rings (SSSR count). The Kier molecular flexibility index (Phi) is 5.75. The van der Waals surface area contributed by atoms with Gasteiger partial charge in [-0.25, -0.2) is 13.6 Å². The summed E-state index contributed by atoms with van der Waals surface area (Å²) in [5.74, 6) is -0.945. The molecule has 4 nitrogen and oxygen atoms in total. The lowest BCUT2D eigenvalue weighted by molar-refractivity contribution is 0.0604. The Morgan fingerprint density at radius 3 is 2.36 bits per heavy atom. The van der Waals surface area contributed by atoms with E-state index in [1.807, 2.05) is 6.92 Å². The van der Waals surface area contributed by atoms with Crippen molar-refractivity contribution < 1.29 is 23.0 Å². The summed E-state index contributed by atoms with van der Waals surface area (Å²) < 4.78 is 38.2. The van der Waals surface area contributed by atoms with Crippen molar-refractivity contribution in [2.75, 3.05) is 12.4 Å². The Morgan fingerprint density at radius 1 is 1.11 bits per heavy atom. The van der Waals surface area contributed by atoms with Crippen molar-refractivity contribution in [2.45, 2.75) is 6.92 Å². The monoisotopic (exact) mass is 401 g/mol. The maximum Gasteiger partial charge on any atom is 0.351 e. The van der Waals surface area contributed by atoms with Gasteiger partial charge in [-0.05, 0) is 49.4 Å². The summed E-state index contributed by atoms with van der Waals surface area (Å²) in [6, 6.07) is 12.1. The fourth-order valence-electron chi connectivity index (χ4n) is 2.56. The fourth-order valence-corrected chi connectivity index (χ4v) is 3.41. The van der Waals surface area contributed by atoms with Crippen molar-refractivity contribution in [3.63, 3.8) is 0 Å². The van der Waals surface area contributed by atoms with Gasteiger partial charge in [0.25, 0.3) is 0 Å². The number of methoxy groups -OCH3 is 1. The number of hydrogen-bond acceptors (Lipinski definition) is 5. The molecule has 0 amide bonds. The number of esters is 1. The first-order valence-electron chi connectivity index (χ1n) is 8.26. The molecule has 0 aliphatic rings. The first kappa shape index (κ1) is 19.6. The van der Waals surface area contributed by atoms with Crippen molar-refractivity contribution in [3.05, 3.63) is 82.1 Å². The van der Waals surface area contributed by atoms with E-state index in [0.717, 1.165) is 4.88 Å². The molecule has 3 aromatic rings. The number of anilines is 1. The van der Waals surface area contributed by atoms with Crippen molar-refractivity contribution in [1.82, 2.24) is 0 Å².